The Morgan fingerprint density at radius 1 is 1.53 bits per heavy atom. The number of carbonyl (C=O) groups is 1. The molecule has 2 N–H and O–H groups in total. The second kappa shape index (κ2) is 4.37. The van der Waals surface area contributed by atoms with E-state index in [0.717, 1.165) is 17.0 Å². The monoisotopic (exact) mass is 241 g/mol. The van der Waals surface area contributed by atoms with Crippen LogP contribution in [0.25, 0.3) is 0 Å². The summed E-state index contributed by atoms with van der Waals surface area (Å²) in [6, 6.07) is 0. The number of aromatic nitrogens is 2. The van der Waals surface area contributed by atoms with Crippen LogP contribution in [0.1, 0.15) is 15.4 Å². The summed E-state index contributed by atoms with van der Waals surface area (Å²) in [5, 5.41) is 14.2. The van der Waals surface area contributed by atoms with Gasteiger partial charge in [-0.3, -0.25) is 0 Å². The standard InChI is InChI=1S/C8H7N3O2S2/c12-7(13)6-2-10-8(15-6)9-1-5-3-14-4-11-5/h2-4H,1H2,(H,9,10)(H,12,13). The lowest BCUT2D eigenvalue weighted by atomic mass is 10.5. The fourth-order valence-corrected chi connectivity index (χ4v) is 2.15. The first-order valence-corrected chi connectivity index (χ1v) is 5.81. The largest absolute Gasteiger partial charge is 0.477 e. The lowest BCUT2D eigenvalue weighted by Gasteiger charge is -1.97. The summed E-state index contributed by atoms with van der Waals surface area (Å²) in [6.07, 6.45) is 1.34. The van der Waals surface area contributed by atoms with Gasteiger partial charge in [-0.1, -0.05) is 11.3 Å². The van der Waals surface area contributed by atoms with E-state index in [9.17, 15) is 4.79 Å². The van der Waals surface area contributed by atoms with E-state index in [4.69, 9.17) is 5.11 Å². The first kappa shape index (κ1) is 10.1. The smallest absolute Gasteiger partial charge is 0.347 e. The molecule has 5 nitrogen and oxygen atoms in total. The van der Waals surface area contributed by atoms with Gasteiger partial charge in [0.05, 0.1) is 23.9 Å². The molecule has 78 valence electrons. The molecule has 0 spiro atoms. The summed E-state index contributed by atoms with van der Waals surface area (Å²) in [5.74, 6) is -0.950. The van der Waals surface area contributed by atoms with E-state index in [2.05, 4.69) is 15.3 Å². The van der Waals surface area contributed by atoms with Gasteiger partial charge in [0.15, 0.2) is 5.13 Å². The van der Waals surface area contributed by atoms with Gasteiger partial charge in [0.1, 0.15) is 4.88 Å². The van der Waals surface area contributed by atoms with Crippen LogP contribution in [0.15, 0.2) is 17.1 Å². The molecule has 0 saturated carbocycles. The lowest BCUT2D eigenvalue weighted by molar-refractivity contribution is 0.0702. The average Bonchev–Trinajstić information content (AvgIpc) is 2.86. The SMILES string of the molecule is O=C(O)c1cnc(NCc2cscn2)s1. The highest BCUT2D eigenvalue weighted by atomic mass is 32.1. The zero-order chi connectivity index (χ0) is 10.7. The van der Waals surface area contributed by atoms with Crippen LogP contribution in [0.4, 0.5) is 5.13 Å². The molecule has 0 atom stereocenters. The van der Waals surface area contributed by atoms with Crippen LogP contribution in [0.2, 0.25) is 0 Å². The maximum absolute atomic E-state index is 10.6. The molecule has 0 radical (unpaired) electrons. The van der Waals surface area contributed by atoms with Gasteiger partial charge in [-0.2, -0.15) is 0 Å². The Kier molecular flexibility index (Phi) is 2.93. The van der Waals surface area contributed by atoms with Crippen LogP contribution in [0, 0.1) is 0 Å². The summed E-state index contributed by atoms with van der Waals surface area (Å²) >= 11 is 2.64. The first-order valence-electron chi connectivity index (χ1n) is 4.06. The lowest BCUT2D eigenvalue weighted by Crippen LogP contribution is -1.98. The first-order chi connectivity index (χ1) is 7.25. The van der Waals surface area contributed by atoms with Crippen LogP contribution in [0.3, 0.4) is 0 Å². The topological polar surface area (TPSA) is 75.1 Å². The number of nitrogens with one attached hydrogen (secondary N) is 1. The molecule has 7 heteroatoms. The fraction of sp³-hybridized carbons (Fsp3) is 0.125. The van der Waals surface area contributed by atoms with Gasteiger partial charge in [0.2, 0.25) is 0 Å². The minimum absolute atomic E-state index is 0.232. The van der Waals surface area contributed by atoms with Crippen molar-refractivity contribution in [1.82, 2.24) is 9.97 Å². The van der Waals surface area contributed by atoms with Crippen molar-refractivity contribution in [1.29, 1.82) is 0 Å². The average molecular weight is 241 g/mol. The molecule has 2 aromatic rings. The van der Waals surface area contributed by atoms with Crippen molar-refractivity contribution in [2.24, 2.45) is 0 Å². The number of carboxylic acid groups (broad SMARTS) is 1. The van der Waals surface area contributed by atoms with E-state index in [1.807, 2.05) is 5.38 Å². The molecule has 2 aromatic heterocycles. The number of hydrogen-bond acceptors (Lipinski definition) is 6. The van der Waals surface area contributed by atoms with Crippen molar-refractivity contribution in [3.63, 3.8) is 0 Å². The maximum Gasteiger partial charge on any atom is 0.347 e. The van der Waals surface area contributed by atoms with E-state index in [-0.39, 0.29) is 4.88 Å². The Balaban J connectivity index is 1.96. The molecular formula is C8H7N3O2S2. The third kappa shape index (κ3) is 2.51. The van der Waals surface area contributed by atoms with Crippen molar-refractivity contribution in [3.8, 4) is 0 Å². The zero-order valence-electron chi connectivity index (χ0n) is 7.51. The number of anilines is 1. The Hall–Kier alpha value is -1.47. The van der Waals surface area contributed by atoms with Crippen LogP contribution in [-0.4, -0.2) is 21.0 Å². The van der Waals surface area contributed by atoms with Crippen LogP contribution < -0.4 is 5.32 Å². The summed E-state index contributed by atoms with van der Waals surface area (Å²) in [5.41, 5.74) is 2.67. The Labute approximate surface area is 93.4 Å². The normalized spacial score (nSPS) is 10.1. The number of rotatable bonds is 4. The fourth-order valence-electron chi connectivity index (χ4n) is 0.946. The van der Waals surface area contributed by atoms with Gasteiger partial charge in [0.25, 0.3) is 0 Å². The van der Waals surface area contributed by atoms with Gasteiger partial charge in [-0.25, -0.2) is 14.8 Å². The summed E-state index contributed by atoms with van der Waals surface area (Å²) in [4.78, 5) is 18.8. The molecule has 0 aliphatic carbocycles. The van der Waals surface area contributed by atoms with Crippen molar-refractivity contribution in [3.05, 3.63) is 27.7 Å². The van der Waals surface area contributed by atoms with E-state index in [0.29, 0.717) is 11.7 Å². The van der Waals surface area contributed by atoms with Gasteiger partial charge < -0.3 is 10.4 Å². The second-order valence-electron chi connectivity index (χ2n) is 2.67. The maximum atomic E-state index is 10.6. The van der Waals surface area contributed by atoms with Crippen LogP contribution >= 0.6 is 22.7 Å². The minimum atomic E-state index is -0.950. The molecule has 2 rings (SSSR count). The van der Waals surface area contributed by atoms with Gasteiger partial charge in [-0.15, -0.1) is 11.3 Å². The van der Waals surface area contributed by atoms with Crippen molar-refractivity contribution >= 4 is 33.8 Å². The highest BCUT2D eigenvalue weighted by molar-refractivity contribution is 7.17. The number of nitrogens with zero attached hydrogens (tertiary/aromatic N) is 2. The predicted molar refractivity (Wildman–Crippen MR) is 58.5 cm³/mol. The third-order valence-electron chi connectivity index (χ3n) is 1.62. The highest BCUT2D eigenvalue weighted by Crippen LogP contribution is 2.18. The quantitative estimate of drug-likeness (QED) is 0.855. The zero-order valence-corrected chi connectivity index (χ0v) is 9.14. The molecule has 0 bridgehead atoms. The van der Waals surface area contributed by atoms with E-state index >= 15 is 0 Å². The molecule has 0 aromatic carbocycles. The molecule has 0 saturated heterocycles. The third-order valence-corrected chi connectivity index (χ3v) is 3.20. The summed E-state index contributed by atoms with van der Waals surface area (Å²) in [6.45, 7) is 0.566. The van der Waals surface area contributed by atoms with E-state index in [1.54, 1.807) is 5.51 Å². The number of aromatic carboxylic acids is 1. The molecule has 0 fully saturated rings. The van der Waals surface area contributed by atoms with Gasteiger partial charge >= 0.3 is 5.97 Å². The Morgan fingerprint density at radius 3 is 3.00 bits per heavy atom. The highest BCUT2D eigenvalue weighted by Gasteiger charge is 2.07. The molecule has 0 unspecified atom stereocenters. The number of thiazole rings is 2. The number of hydrogen-bond donors (Lipinski definition) is 2. The summed E-state index contributed by atoms with van der Waals surface area (Å²) < 4.78 is 0. The van der Waals surface area contributed by atoms with Gasteiger partial charge in [0, 0.05) is 5.38 Å². The molecule has 0 aliphatic rings. The molecule has 2 heterocycles. The minimum Gasteiger partial charge on any atom is -0.477 e. The van der Waals surface area contributed by atoms with E-state index in [1.165, 1.54) is 17.5 Å². The van der Waals surface area contributed by atoms with E-state index < -0.39 is 5.97 Å². The van der Waals surface area contributed by atoms with Crippen molar-refractivity contribution < 1.29 is 9.90 Å². The summed E-state index contributed by atoms with van der Waals surface area (Å²) in [7, 11) is 0. The second-order valence-corrected chi connectivity index (χ2v) is 4.42. The Morgan fingerprint density at radius 2 is 2.40 bits per heavy atom. The van der Waals surface area contributed by atoms with Gasteiger partial charge in [-0.05, 0) is 0 Å². The van der Waals surface area contributed by atoms with Crippen LogP contribution in [-0.2, 0) is 6.54 Å². The van der Waals surface area contributed by atoms with Crippen molar-refractivity contribution in [2.75, 3.05) is 5.32 Å². The van der Waals surface area contributed by atoms with Crippen molar-refractivity contribution in [2.45, 2.75) is 6.54 Å². The number of carboxylic acids is 1. The molecular weight excluding hydrogens is 234 g/mol. The Bertz CT molecular complexity index is 452. The molecule has 0 amide bonds. The molecule has 0 aliphatic heterocycles. The van der Waals surface area contributed by atoms with Crippen LogP contribution in [0.5, 0.6) is 0 Å². The molecule has 15 heavy (non-hydrogen) atoms. The predicted octanol–water partition coefficient (Wildman–Crippen LogP) is 1.91.